The minimum Gasteiger partial charge on any atom is -0.511 e. The van der Waals surface area contributed by atoms with Crippen molar-refractivity contribution in [1.29, 1.82) is 0 Å². The van der Waals surface area contributed by atoms with Crippen LogP contribution in [0.3, 0.4) is 0 Å². The van der Waals surface area contributed by atoms with Crippen LogP contribution in [0.15, 0.2) is 60.0 Å². The zero-order valence-electron chi connectivity index (χ0n) is 17.4. The molecule has 4 nitrogen and oxygen atoms in total. The molecule has 1 aromatic heterocycles. The first-order valence-corrected chi connectivity index (χ1v) is 10.4. The zero-order valence-corrected chi connectivity index (χ0v) is 17.4. The summed E-state index contributed by atoms with van der Waals surface area (Å²) in [7, 11) is 0. The summed E-state index contributed by atoms with van der Waals surface area (Å²) in [5.74, 6) is -1.44. The van der Waals surface area contributed by atoms with Gasteiger partial charge in [0.15, 0.2) is 0 Å². The SMILES string of the molecule is CCOC(=O)C(Cc1cc(C(F)(F)F)ccn1)C(O)=C1CCC(c2ccccc2)CC1. The Bertz CT molecular complexity index is 915. The quantitative estimate of drug-likeness (QED) is 0.449. The van der Waals surface area contributed by atoms with Crippen LogP contribution in [0.2, 0.25) is 0 Å². The lowest BCUT2D eigenvalue weighted by Crippen LogP contribution is -2.25. The van der Waals surface area contributed by atoms with E-state index in [0.717, 1.165) is 36.7 Å². The summed E-state index contributed by atoms with van der Waals surface area (Å²) in [5.41, 5.74) is 1.25. The number of carbonyl (C=O) groups excluding carboxylic acids is 1. The second-order valence-corrected chi connectivity index (χ2v) is 7.72. The smallest absolute Gasteiger partial charge is 0.416 e. The number of nitrogens with zero attached hydrogens (tertiary/aromatic N) is 1. The number of halogens is 3. The lowest BCUT2D eigenvalue weighted by Gasteiger charge is -2.26. The highest BCUT2D eigenvalue weighted by Gasteiger charge is 2.33. The van der Waals surface area contributed by atoms with Gasteiger partial charge in [0.2, 0.25) is 0 Å². The number of esters is 1. The summed E-state index contributed by atoms with van der Waals surface area (Å²) in [4.78, 5) is 16.5. The molecule has 1 aliphatic rings. The van der Waals surface area contributed by atoms with Gasteiger partial charge in [0.05, 0.1) is 12.2 Å². The number of aliphatic hydroxyl groups is 1. The molecule has 0 bridgehead atoms. The van der Waals surface area contributed by atoms with Crippen molar-refractivity contribution in [3.05, 3.63) is 76.8 Å². The van der Waals surface area contributed by atoms with Gasteiger partial charge in [-0.2, -0.15) is 13.2 Å². The molecule has 0 radical (unpaired) electrons. The number of aliphatic hydroxyl groups excluding tert-OH is 1. The predicted molar refractivity (Wildman–Crippen MR) is 110 cm³/mol. The van der Waals surface area contributed by atoms with Crippen LogP contribution in [0, 0.1) is 5.92 Å². The zero-order chi connectivity index (χ0) is 22.4. The molecular weight excluding hydrogens is 407 g/mol. The first kappa shape index (κ1) is 22.8. The molecule has 166 valence electrons. The Labute approximate surface area is 179 Å². The monoisotopic (exact) mass is 433 g/mol. The Kier molecular flexibility index (Phi) is 7.36. The average Bonchev–Trinajstić information content (AvgIpc) is 2.77. The summed E-state index contributed by atoms with van der Waals surface area (Å²) in [5, 5.41) is 10.9. The van der Waals surface area contributed by atoms with E-state index < -0.39 is 23.6 Å². The van der Waals surface area contributed by atoms with Crippen molar-refractivity contribution in [2.45, 2.75) is 51.1 Å². The molecule has 1 N–H and O–H groups in total. The van der Waals surface area contributed by atoms with Crippen LogP contribution in [0.4, 0.5) is 13.2 Å². The summed E-state index contributed by atoms with van der Waals surface area (Å²) >= 11 is 0. The Balaban J connectivity index is 1.80. The van der Waals surface area contributed by atoms with Crippen LogP contribution in [-0.2, 0) is 22.1 Å². The number of rotatable bonds is 6. The van der Waals surface area contributed by atoms with Crippen molar-refractivity contribution in [2.24, 2.45) is 5.92 Å². The number of allylic oxidation sites excluding steroid dienone is 1. The second-order valence-electron chi connectivity index (χ2n) is 7.72. The Hall–Kier alpha value is -2.83. The van der Waals surface area contributed by atoms with E-state index in [4.69, 9.17) is 4.74 Å². The minimum atomic E-state index is -4.51. The number of benzene rings is 1. The first-order chi connectivity index (χ1) is 14.8. The van der Waals surface area contributed by atoms with Crippen LogP contribution in [-0.4, -0.2) is 22.7 Å². The fourth-order valence-corrected chi connectivity index (χ4v) is 4.04. The molecule has 1 unspecified atom stereocenters. The molecule has 1 atom stereocenters. The Morgan fingerprint density at radius 2 is 1.87 bits per heavy atom. The molecule has 31 heavy (non-hydrogen) atoms. The van der Waals surface area contributed by atoms with E-state index in [9.17, 15) is 23.1 Å². The van der Waals surface area contributed by atoms with E-state index in [2.05, 4.69) is 17.1 Å². The van der Waals surface area contributed by atoms with Gasteiger partial charge in [-0.3, -0.25) is 9.78 Å². The van der Waals surface area contributed by atoms with Crippen molar-refractivity contribution < 1.29 is 27.8 Å². The predicted octanol–water partition coefficient (Wildman–Crippen LogP) is 5.99. The molecule has 7 heteroatoms. The van der Waals surface area contributed by atoms with E-state index in [-0.39, 0.29) is 24.5 Å². The molecule has 3 rings (SSSR count). The fourth-order valence-electron chi connectivity index (χ4n) is 4.04. The highest BCUT2D eigenvalue weighted by Crippen LogP contribution is 2.38. The number of aromatic nitrogens is 1. The second kappa shape index (κ2) is 9.98. The van der Waals surface area contributed by atoms with Crippen LogP contribution < -0.4 is 0 Å². The van der Waals surface area contributed by atoms with Crippen molar-refractivity contribution in [2.75, 3.05) is 6.61 Å². The van der Waals surface area contributed by atoms with Gasteiger partial charge in [-0.25, -0.2) is 0 Å². The Morgan fingerprint density at radius 3 is 2.48 bits per heavy atom. The number of ether oxygens (including phenoxy) is 1. The molecule has 2 aromatic rings. The topological polar surface area (TPSA) is 59.4 Å². The van der Waals surface area contributed by atoms with Crippen molar-refractivity contribution in [1.82, 2.24) is 4.98 Å². The molecule has 0 saturated heterocycles. The molecule has 1 fully saturated rings. The van der Waals surface area contributed by atoms with Gasteiger partial charge < -0.3 is 9.84 Å². The van der Waals surface area contributed by atoms with Crippen molar-refractivity contribution >= 4 is 5.97 Å². The largest absolute Gasteiger partial charge is 0.511 e. The summed E-state index contributed by atoms with van der Waals surface area (Å²) in [6, 6.07) is 11.9. The van der Waals surface area contributed by atoms with Gasteiger partial charge in [-0.05, 0) is 61.8 Å². The maximum absolute atomic E-state index is 13.0. The summed E-state index contributed by atoms with van der Waals surface area (Å²) in [6.45, 7) is 1.76. The molecule has 1 saturated carbocycles. The molecule has 0 amide bonds. The van der Waals surface area contributed by atoms with Crippen molar-refractivity contribution in [3.8, 4) is 0 Å². The number of pyridine rings is 1. The maximum Gasteiger partial charge on any atom is 0.416 e. The highest BCUT2D eigenvalue weighted by atomic mass is 19.4. The fraction of sp³-hybridized carbons (Fsp3) is 0.417. The number of carbonyl (C=O) groups is 1. The van der Waals surface area contributed by atoms with Crippen LogP contribution >= 0.6 is 0 Å². The van der Waals surface area contributed by atoms with E-state index in [1.807, 2.05) is 18.2 Å². The van der Waals surface area contributed by atoms with Gasteiger partial charge in [0, 0.05) is 18.3 Å². The number of alkyl halides is 3. The van der Waals surface area contributed by atoms with Gasteiger partial charge in [-0.1, -0.05) is 30.3 Å². The third-order valence-electron chi connectivity index (χ3n) is 5.68. The van der Waals surface area contributed by atoms with Gasteiger partial charge in [0.1, 0.15) is 11.7 Å². The van der Waals surface area contributed by atoms with E-state index in [1.54, 1.807) is 6.92 Å². The van der Waals surface area contributed by atoms with Crippen LogP contribution in [0.5, 0.6) is 0 Å². The molecule has 1 heterocycles. The maximum atomic E-state index is 13.0. The highest BCUT2D eigenvalue weighted by molar-refractivity contribution is 5.75. The third-order valence-corrected chi connectivity index (χ3v) is 5.68. The van der Waals surface area contributed by atoms with Crippen LogP contribution in [0.1, 0.15) is 55.3 Å². The average molecular weight is 433 g/mol. The molecule has 0 aliphatic heterocycles. The molecule has 0 spiro atoms. The van der Waals surface area contributed by atoms with Crippen LogP contribution in [0.25, 0.3) is 0 Å². The standard InChI is InChI=1S/C24H26F3NO3/c1-2-31-23(30)21(15-20-14-19(12-13-28-20)24(25,26)27)22(29)18-10-8-17(9-11-18)16-6-4-3-5-7-16/h3-7,12-14,17,21,29H,2,8-11,15H2,1H3. The summed E-state index contributed by atoms with van der Waals surface area (Å²) < 4.78 is 44.2. The van der Waals surface area contributed by atoms with Gasteiger partial charge >= 0.3 is 12.1 Å². The Morgan fingerprint density at radius 1 is 1.19 bits per heavy atom. The van der Waals surface area contributed by atoms with Gasteiger partial charge in [0.25, 0.3) is 0 Å². The van der Waals surface area contributed by atoms with E-state index in [0.29, 0.717) is 18.8 Å². The van der Waals surface area contributed by atoms with Crippen molar-refractivity contribution in [3.63, 3.8) is 0 Å². The molecule has 1 aromatic carbocycles. The van der Waals surface area contributed by atoms with E-state index in [1.165, 1.54) is 5.56 Å². The number of hydrogen-bond donors (Lipinski definition) is 1. The minimum absolute atomic E-state index is 0.0815. The van der Waals surface area contributed by atoms with E-state index >= 15 is 0 Å². The number of hydrogen-bond acceptors (Lipinski definition) is 4. The lowest BCUT2D eigenvalue weighted by molar-refractivity contribution is -0.147. The molecular formula is C24H26F3NO3. The third kappa shape index (κ3) is 5.87. The molecule has 1 aliphatic carbocycles. The lowest BCUT2D eigenvalue weighted by atomic mass is 9.80. The van der Waals surface area contributed by atoms with Gasteiger partial charge in [-0.15, -0.1) is 0 Å². The summed E-state index contributed by atoms with van der Waals surface area (Å²) in [6.07, 6.45) is -0.681. The first-order valence-electron chi connectivity index (χ1n) is 10.4. The normalized spacial score (nSPS) is 17.8.